The number of benzene rings is 2. The number of aromatic nitrogens is 4. The van der Waals surface area contributed by atoms with Gasteiger partial charge in [-0.25, -0.2) is 0 Å². The van der Waals surface area contributed by atoms with Crippen LogP contribution >= 0.6 is 0 Å². The normalized spacial score (nSPS) is 10.8. The third-order valence-electron chi connectivity index (χ3n) is 5.08. The highest BCUT2D eigenvalue weighted by molar-refractivity contribution is 6.11. The van der Waals surface area contributed by atoms with Crippen molar-refractivity contribution >= 4 is 22.5 Å². The molecule has 0 aliphatic rings. The SMILES string of the molecule is O=C(Nc1ccc(Cc2ccccc2)nc1)c1n[nH]c2ccc(-c3cccnc3)cc12. The maximum absolute atomic E-state index is 12.9. The van der Waals surface area contributed by atoms with Crippen LogP contribution in [-0.4, -0.2) is 26.1 Å². The summed E-state index contributed by atoms with van der Waals surface area (Å²) in [5, 5.41) is 10.8. The van der Waals surface area contributed by atoms with Gasteiger partial charge in [0.05, 0.1) is 17.4 Å². The maximum Gasteiger partial charge on any atom is 0.276 e. The fourth-order valence-corrected chi connectivity index (χ4v) is 3.50. The van der Waals surface area contributed by atoms with Gasteiger partial charge in [-0.1, -0.05) is 42.5 Å². The van der Waals surface area contributed by atoms with Crippen molar-refractivity contribution < 1.29 is 4.79 Å². The van der Waals surface area contributed by atoms with Gasteiger partial charge in [0.25, 0.3) is 5.91 Å². The third kappa shape index (κ3) is 4.04. The van der Waals surface area contributed by atoms with Gasteiger partial charge in [-0.3, -0.25) is 19.9 Å². The van der Waals surface area contributed by atoms with Gasteiger partial charge in [0, 0.05) is 35.5 Å². The minimum Gasteiger partial charge on any atom is -0.319 e. The van der Waals surface area contributed by atoms with E-state index in [-0.39, 0.29) is 5.91 Å². The van der Waals surface area contributed by atoms with Crippen LogP contribution in [0.1, 0.15) is 21.7 Å². The van der Waals surface area contributed by atoms with Crippen LogP contribution in [0.3, 0.4) is 0 Å². The number of fused-ring (bicyclic) bond motifs is 1. The molecule has 0 saturated carbocycles. The molecule has 0 saturated heterocycles. The van der Waals surface area contributed by atoms with Crippen molar-refractivity contribution in [2.24, 2.45) is 0 Å². The number of nitrogens with zero attached hydrogens (tertiary/aromatic N) is 3. The smallest absolute Gasteiger partial charge is 0.276 e. The Morgan fingerprint density at radius 1 is 0.903 bits per heavy atom. The molecule has 5 rings (SSSR count). The first-order valence-electron chi connectivity index (χ1n) is 9.95. The molecule has 0 spiro atoms. The van der Waals surface area contributed by atoms with Crippen LogP contribution in [0, 0.1) is 0 Å². The van der Waals surface area contributed by atoms with Gasteiger partial charge in [-0.15, -0.1) is 0 Å². The molecule has 0 atom stereocenters. The van der Waals surface area contributed by atoms with Crippen LogP contribution in [0.15, 0.2) is 91.4 Å². The number of hydrogen-bond acceptors (Lipinski definition) is 4. The molecule has 0 radical (unpaired) electrons. The van der Waals surface area contributed by atoms with Gasteiger partial charge in [-0.2, -0.15) is 5.10 Å². The van der Waals surface area contributed by atoms with Crippen molar-refractivity contribution in [1.29, 1.82) is 0 Å². The zero-order valence-electron chi connectivity index (χ0n) is 16.6. The van der Waals surface area contributed by atoms with E-state index in [1.54, 1.807) is 18.6 Å². The Hall–Kier alpha value is -4.32. The van der Waals surface area contributed by atoms with Crippen LogP contribution in [0.4, 0.5) is 5.69 Å². The first kappa shape index (κ1) is 18.7. The van der Waals surface area contributed by atoms with E-state index in [0.717, 1.165) is 34.1 Å². The molecule has 3 heterocycles. The molecular weight excluding hydrogens is 386 g/mol. The lowest BCUT2D eigenvalue weighted by Crippen LogP contribution is -2.13. The molecule has 2 aromatic carbocycles. The van der Waals surface area contributed by atoms with Crippen LogP contribution in [0.25, 0.3) is 22.0 Å². The summed E-state index contributed by atoms with van der Waals surface area (Å²) in [5.74, 6) is -0.285. The summed E-state index contributed by atoms with van der Waals surface area (Å²) in [5.41, 5.74) is 5.86. The third-order valence-corrected chi connectivity index (χ3v) is 5.08. The number of carbonyl (C=O) groups excluding carboxylic acids is 1. The van der Waals surface area contributed by atoms with Gasteiger partial charge in [0.2, 0.25) is 0 Å². The average Bonchev–Trinajstić information content (AvgIpc) is 3.25. The lowest BCUT2D eigenvalue weighted by Gasteiger charge is -2.06. The van der Waals surface area contributed by atoms with Crippen molar-refractivity contribution in [2.75, 3.05) is 5.32 Å². The molecule has 5 aromatic rings. The summed E-state index contributed by atoms with van der Waals surface area (Å²) >= 11 is 0. The number of pyridine rings is 2. The first-order valence-corrected chi connectivity index (χ1v) is 9.95. The van der Waals surface area contributed by atoms with Crippen LogP contribution in [0.2, 0.25) is 0 Å². The number of rotatable bonds is 5. The second-order valence-corrected chi connectivity index (χ2v) is 7.23. The van der Waals surface area contributed by atoms with Crippen molar-refractivity contribution in [3.8, 4) is 11.1 Å². The van der Waals surface area contributed by atoms with E-state index in [0.29, 0.717) is 11.4 Å². The van der Waals surface area contributed by atoms with E-state index in [4.69, 9.17) is 0 Å². The van der Waals surface area contributed by atoms with Gasteiger partial charge >= 0.3 is 0 Å². The average molecular weight is 405 g/mol. The predicted molar refractivity (Wildman–Crippen MR) is 121 cm³/mol. The lowest BCUT2D eigenvalue weighted by atomic mass is 10.0. The molecule has 0 unspecified atom stereocenters. The Morgan fingerprint density at radius 3 is 2.58 bits per heavy atom. The fourth-order valence-electron chi connectivity index (χ4n) is 3.50. The Morgan fingerprint density at radius 2 is 1.81 bits per heavy atom. The van der Waals surface area contributed by atoms with Crippen LogP contribution in [0.5, 0.6) is 0 Å². The Balaban J connectivity index is 1.35. The molecule has 3 aromatic heterocycles. The van der Waals surface area contributed by atoms with E-state index in [1.807, 2.05) is 60.7 Å². The maximum atomic E-state index is 12.9. The molecule has 150 valence electrons. The van der Waals surface area contributed by atoms with Gasteiger partial charge in [0.15, 0.2) is 5.69 Å². The van der Waals surface area contributed by atoms with Gasteiger partial charge in [-0.05, 0) is 41.5 Å². The van der Waals surface area contributed by atoms with Gasteiger partial charge in [0.1, 0.15) is 0 Å². The molecular formula is C25H19N5O. The quantitative estimate of drug-likeness (QED) is 0.437. The summed E-state index contributed by atoms with van der Waals surface area (Å²) in [6, 6.07) is 23.7. The molecule has 6 nitrogen and oxygen atoms in total. The number of anilines is 1. The number of hydrogen-bond donors (Lipinski definition) is 2. The number of nitrogens with one attached hydrogen (secondary N) is 2. The molecule has 31 heavy (non-hydrogen) atoms. The van der Waals surface area contributed by atoms with Crippen LogP contribution < -0.4 is 5.32 Å². The zero-order chi connectivity index (χ0) is 21.0. The standard InChI is InChI=1S/C25H19N5O/c31-25(28-21-10-9-20(27-16-21)13-17-5-2-1-3-6-17)24-22-14-18(8-11-23(22)29-30-24)19-7-4-12-26-15-19/h1-12,14-16H,13H2,(H,28,31)(H,29,30). The largest absolute Gasteiger partial charge is 0.319 e. The first-order chi connectivity index (χ1) is 15.3. The number of H-pyrrole nitrogens is 1. The van der Waals surface area contributed by atoms with E-state index >= 15 is 0 Å². The van der Waals surface area contributed by atoms with Crippen molar-refractivity contribution in [2.45, 2.75) is 6.42 Å². The second-order valence-electron chi connectivity index (χ2n) is 7.23. The summed E-state index contributed by atoms with van der Waals surface area (Å²) in [6.45, 7) is 0. The zero-order valence-corrected chi connectivity index (χ0v) is 16.6. The van der Waals surface area contributed by atoms with Crippen molar-refractivity contribution in [1.82, 2.24) is 20.2 Å². The molecule has 2 N–H and O–H groups in total. The Bertz CT molecular complexity index is 1330. The second kappa shape index (κ2) is 8.20. The molecule has 0 aliphatic heterocycles. The van der Waals surface area contributed by atoms with E-state index < -0.39 is 0 Å². The summed E-state index contributed by atoms with van der Waals surface area (Å²) in [4.78, 5) is 21.5. The lowest BCUT2D eigenvalue weighted by molar-refractivity contribution is 0.102. The van der Waals surface area contributed by atoms with E-state index in [1.165, 1.54) is 5.56 Å². The predicted octanol–water partition coefficient (Wildman–Crippen LogP) is 4.86. The Labute approximate surface area is 179 Å². The molecule has 6 heteroatoms. The van der Waals surface area contributed by atoms with Crippen LogP contribution in [-0.2, 0) is 6.42 Å². The highest BCUT2D eigenvalue weighted by Gasteiger charge is 2.15. The topological polar surface area (TPSA) is 83.6 Å². The monoisotopic (exact) mass is 405 g/mol. The highest BCUT2D eigenvalue weighted by Crippen LogP contribution is 2.25. The molecule has 0 bridgehead atoms. The summed E-state index contributed by atoms with van der Waals surface area (Å²) in [7, 11) is 0. The number of aromatic amines is 1. The molecule has 1 amide bonds. The van der Waals surface area contributed by atoms with Crippen molar-refractivity contribution in [3.05, 3.63) is 108 Å². The summed E-state index contributed by atoms with van der Waals surface area (Å²) in [6.07, 6.45) is 5.95. The number of amides is 1. The number of carbonyl (C=O) groups is 1. The molecule has 0 fully saturated rings. The molecule has 0 aliphatic carbocycles. The van der Waals surface area contributed by atoms with E-state index in [9.17, 15) is 4.79 Å². The Kier molecular flexibility index (Phi) is 4.94. The highest BCUT2D eigenvalue weighted by atomic mass is 16.1. The minimum absolute atomic E-state index is 0.285. The van der Waals surface area contributed by atoms with Gasteiger partial charge < -0.3 is 5.32 Å². The summed E-state index contributed by atoms with van der Waals surface area (Å²) < 4.78 is 0. The van der Waals surface area contributed by atoms with Crippen molar-refractivity contribution in [3.63, 3.8) is 0 Å². The van der Waals surface area contributed by atoms with E-state index in [2.05, 4.69) is 37.6 Å². The minimum atomic E-state index is -0.285. The fraction of sp³-hybridized carbons (Fsp3) is 0.0400.